The first-order chi connectivity index (χ1) is 9.20. The third-order valence-corrected chi connectivity index (χ3v) is 3.58. The van der Waals surface area contributed by atoms with Crippen molar-refractivity contribution in [3.8, 4) is 5.88 Å². The molecule has 1 atom stereocenters. The summed E-state index contributed by atoms with van der Waals surface area (Å²) in [7, 11) is 1.59. The van der Waals surface area contributed by atoms with Gasteiger partial charge in [0.1, 0.15) is 11.9 Å². The fourth-order valence-corrected chi connectivity index (χ4v) is 2.42. The molecule has 1 saturated carbocycles. The fourth-order valence-electron chi connectivity index (χ4n) is 2.42. The summed E-state index contributed by atoms with van der Waals surface area (Å²) < 4.78 is 5.38. The van der Waals surface area contributed by atoms with Crippen molar-refractivity contribution < 1.29 is 9.53 Å². The molecule has 0 spiro atoms. The van der Waals surface area contributed by atoms with Crippen LogP contribution in [-0.4, -0.2) is 36.1 Å². The van der Waals surface area contributed by atoms with E-state index in [-0.39, 0.29) is 5.91 Å². The largest absolute Gasteiger partial charge is 0.481 e. The van der Waals surface area contributed by atoms with Crippen LogP contribution in [0.5, 0.6) is 5.88 Å². The molecule has 1 amide bonds. The lowest BCUT2D eigenvalue weighted by atomic mass is 10.0. The predicted octanol–water partition coefficient (Wildman–Crippen LogP) is 0.432. The van der Waals surface area contributed by atoms with Gasteiger partial charge in [0.05, 0.1) is 18.4 Å². The summed E-state index contributed by atoms with van der Waals surface area (Å²) >= 11 is 0. The van der Waals surface area contributed by atoms with Crippen LogP contribution in [0.4, 0.5) is 0 Å². The van der Waals surface area contributed by atoms with E-state index in [0.717, 1.165) is 36.5 Å². The van der Waals surface area contributed by atoms with E-state index in [0.29, 0.717) is 18.3 Å². The average Bonchev–Trinajstić information content (AvgIpc) is 3.23. The van der Waals surface area contributed by atoms with E-state index in [2.05, 4.69) is 20.6 Å². The fraction of sp³-hybridized carbons (Fsp3) is 0.615. The number of carbonyl (C=O) groups excluding carboxylic acids is 1. The topological polar surface area (TPSA) is 76.1 Å². The number of nitrogens with one attached hydrogen (secondary N) is 2. The van der Waals surface area contributed by atoms with Crippen LogP contribution in [0, 0.1) is 6.92 Å². The van der Waals surface area contributed by atoms with E-state index < -0.39 is 6.04 Å². The van der Waals surface area contributed by atoms with Gasteiger partial charge in [-0.1, -0.05) is 0 Å². The summed E-state index contributed by atoms with van der Waals surface area (Å²) in [6, 6.07) is -0.419. The molecule has 1 aliphatic carbocycles. The highest BCUT2D eigenvalue weighted by atomic mass is 16.5. The van der Waals surface area contributed by atoms with E-state index in [1.165, 1.54) is 0 Å². The van der Waals surface area contributed by atoms with Crippen molar-refractivity contribution in [2.45, 2.75) is 31.7 Å². The predicted molar refractivity (Wildman–Crippen MR) is 69.0 cm³/mol. The van der Waals surface area contributed by atoms with Gasteiger partial charge in [-0.15, -0.1) is 0 Å². The van der Waals surface area contributed by atoms with Gasteiger partial charge in [-0.2, -0.15) is 4.98 Å². The smallest absolute Gasteiger partial charge is 0.242 e. The van der Waals surface area contributed by atoms with Crippen LogP contribution in [0.15, 0.2) is 0 Å². The molecule has 1 aromatic heterocycles. The minimum atomic E-state index is -0.419. The van der Waals surface area contributed by atoms with Gasteiger partial charge in [-0.25, -0.2) is 4.98 Å². The molecule has 6 nitrogen and oxygen atoms in total. The summed E-state index contributed by atoms with van der Waals surface area (Å²) in [6.07, 6.45) is 2.29. The molecule has 1 unspecified atom stereocenters. The number of carbonyl (C=O) groups is 1. The highest BCUT2D eigenvalue weighted by Crippen LogP contribution is 2.40. The standard InChI is InChI=1S/C13H18N4O2/c1-7-9(10-12(18)15-6-5-14-10)13(19-2)17-11(16-7)8-3-4-8/h8,10,14H,3-6H2,1-2H3,(H,15,18). The molecule has 2 fully saturated rings. The molecule has 1 saturated heterocycles. The van der Waals surface area contributed by atoms with E-state index in [4.69, 9.17) is 4.74 Å². The van der Waals surface area contributed by atoms with Gasteiger partial charge in [0.15, 0.2) is 0 Å². The third kappa shape index (κ3) is 2.28. The summed E-state index contributed by atoms with van der Waals surface area (Å²) in [5, 5.41) is 6.04. The van der Waals surface area contributed by atoms with Crippen LogP contribution in [0.25, 0.3) is 0 Å². The second-order valence-electron chi connectivity index (χ2n) is 5.04. The van der Waals surface area contributed by atoms with Crippen molar-refractivity contribution in [2.75, 3.05) is 20.2 Å². The van der Waals surface area contributed by atoms with Gasteiger partial charge in [0, 0.05) is 19.0 Å². The Hall–Kier alpha value is -1.69. The zero-order valence-electron chi connectivity index (χ0n) is 11.2. The molecular weight excluding hydrogens is 244 g/mol. The van der Waals surface area contributed by atoms with Crippen LogP contribution < -0.4 is 15.4 Å². The maximum absolute atomic E-state index is 12.0. The minimum Gasteiger partial charge on any atom is -0.481 e. The number of aromatic nitrogens is 2. The zero-order valence-corrected chi connectivity index (χ0v) is 11.2. The highest BCUT2D eigenvalue weighted by molar-refractivity contribution is 5.84. The van der Waals surface area contributed by atoms with Gasteiger partial charge in [-0.3, -0.25) is 4.79 Å². The van der Waals surface area contributed by atoms with Crippen LogP contribution in [0.1, 0.15) is 41.9 Å². The molecule has 2 N–H and O–H groups in total. The minimum absolute atomic E-state index is 0.0459. The maximum atomic E-state index is 12.0. The zero-order chi connectivity index (χ0) is 13.4. The van der Waals surface area contributed by atoms with Gasteiger partial charge >= 0.3 is 0 Å². The van der Waals surface area contributed by atoms with E-state index in [9.17, 15) is 4.79 Å². The molecule has 1 aliphatic heterocycles. The van der Waals surface area contributed by atoms with Crippen LogP contribution in [-0.2, 0) is 4.79 Å². The van der Waals surface area contributed by atoms with Crippen molar-refractivity contribution in [1.29, 1.82) is 0 Å². The van der Waals surface area contributed by atoms with Crippen molar-refractivity contribution >= 4 is 5.91 Å². The van der Waals surface area contributed by atoms with Crippen LogP contribution in [0.2, 0.25) is 0 Å². The number of rotatable bonds is 3. The Bertz CT molecular complexity index is 514. The number of aryl methyl sites for hydroxylation is 1. The molecule has 0 radical (unpaired) electrons. The number of hydrogen-bond acceptors (Lipinski definition) is 5. The molecular formula is C13H18N4O2. The van der Waals surface area contributed by atoms with Gasteiger partial charge in [-0.05, 0) is 19.8 Å². The van der Waals surface area contributed by atoms with E-state index >= 15 is 0 Å². The average molecular weight is 262 g/mol. The number of hydrogen-bond donors (Lipinski definition) is 2. The molecule has 0 bridgehead atoms. The lowest BCUT2D eigenvalue weighted by Crippen LogP contribution is -2.47. The Balaban J connectivity index is 2.01. The van der Waals surface area contributed by atoms with Gasteiger partial charge in [0.2, 0.25) is 11.8 Å². The number of methoxy groups -OCH3 is 1. The number of ether oxygens (including phenoxy) is 1. The normalized spacial score (nSPS) is 23.1. The summed E-state index contributed by atoms with van der Waals surface area (Å²) in [4.78, 5) is 21.0. The lowest BCUT2D eigenvalue weighted by molar-refractivity contribution is -0.124. The highest BCUT2D eigenvalue weighted by Gasteiger charge is 2.32. The Morgan fingerprint density at radius 3 is 2.68 bits per heavy atom. The monoisotopic (exact) mass is 262 g/mol. The number of piperazine rings is 1. The van der Waals surface area contributed by atoms with Gasteiger partial charge in [0.25, 0.3) is 0 Å². The molecule has 3 rings (SSSR count). The number of nitrogens with zero attached hydrogens (tertiary/aromatic N) is 2. The lowest BCUT2D eigenvalue weighted by Gasteiger charge is -2.25. The van der Waals surface area contributed by atoms with Crippen molar-refractivity contribution in [3.63, 3.8) is 0 Å². The molecule has 2 aliphatic rings. The van der Waals surface area contributed by atoms with Crippen LogP contribution in [0.3, 0.4) is 0 Å². The van der Waals surface area contributed by atoms with E-state index in [1.807, 2.05) is 6.92 Å². The second-order valence-corrected chi connectivity index (χ2v) is 5.04. The Morgan fingerprint density at radius 2 is 2.05 bits per heavy atom. The van der Waals surface area contributed by atoms with Crippen molar-refractivity contribution in [3.05, 3.63) is 17.1 Å². The first kappa shape index (κ1) is 12.3. The quantitative estimate of drug-likeness (QED) is 0.826. The summed E-state index contributed by atoms with van der Waals surface area (Å²) in [5.74, 6) is 1.78. The number of amides is 1. The Labute approximate surface area is 112 Å². The van der Waals surface area contributed by atoms with Crippen molar-refractivity contribution in [1.82, 2.24) is 20.6 Å². The molecule has 2 heterocycles. The first-order valence-electron chi connectivity index (χ1n) is 6.64. The molecule has 0 aromatic carbocycles. The first-order valence-corrected chi connectivity index (χ1v) is 6.64. The summed E-state index contributed by atoms with van der Waals surface area (Å²) in [5.41, 5.74) is 1.58. The molecule has 6 heteroatoms. The molecule has 19 heavy (non-hydrogen) atoms. The SMILES string of the molecule is COc1nc(C2CC2)nc(C)c1C1NCCNC1=O. The summed E-state index contributed by atoms with van der Waals surface area (Å²) in [6.45, 7) is 3.30. The second kappa shape index (κ2) is 4.77. The Morgan fingerprint density at radius 1 is 1.26 bits per heavy atom. The van der Waals surface area contributed by atoms with E-state index in [1.54, 1.807) is 7.11 Å². The molecule has 1 aromatic rings. The maximum Gasteiger partial charge on any atom is 0.242 e. The third-order valence-electron chi connectivity index (χ3n) is 3.58. The Kier molecular flexibility index (Phi) is 3.10. The molecule has 102 valence electrons. The van der Waals surface area contributed by atoms with Crippen molar-refractivity contribution in [2.24, 2.45) is 0 Å². The van der Waals surface area contributed by atoms with Gasteiger partial charge < -0.3 is 15.4 Å². The van der Waals surface area contributed by atoms with Crippen LogP contribution >= 0.6 is 0 Å².